The van der Waals surface area contributed by atoms with Crippen LogP contribution in [0.3, 0.4) is 0 Å². The number of nitrogens with one attached hydrogen (secondary N) is 1. The molecule has 0 bridgehead atoms. The third-order valence-corrected chi connectivity index (χ3v) is 3.91. The quantitative estimate of drug-likeness (QED) is 0.778. The van der Waals surface area contributed by atoms with Crippen LogP contribution < -0.4 is 5.32 Å². The zero-order valence-corrected chi connectivity index (χ0v) is 10.2. The molecule has 0 aromatic heterocycles. The van der Waals surface area contributed by atoms with E-state index in [2.05, 4.69) is 5.32 Å². The molecule has 5 nitrogen and oxygen atoms in total. The molecule has 2 rings (SSSR count). The van der Waals surface area contributed by atoms with Crippen molar-refractivity contribution < 1.29 is 14.7 Å². The van der Waals surface area contributed by atoms with Crippen molar-refractivity contribution in [1.29, 1.82) is 0 Å². The molecule has 5 heteroatoms. The molecule has 2 saturated carbocycles. The Balaban J connectivity index is 1.77. The number of carboxylic acid groups (broad SMARTS) is 1. The van der Waals surface area contributed by atoms with Gasteiger partial charge >= 0.3 is 12.0 Å². The summed E-state index contributed by atoms with van der Waals surface area (Å²) in [5, 5.41) is 11.9. The highest BCUT2D eigenvalue weighted by Gasteiger charge is 2.34. The number of carbonyl (C=O) groups excluding carboxylic acids is 1. The second-order valence-corrected chi connectivity index (χ2v) is 5.16. The number of carboxylic acids is 1. The van der Waals surface area contributed by atoms with Gasteiger partial charge in [0.15, 0.2) is 0 Å². The van der Waals surface area contributed by atoms with Crippen LogP contribution in [0.2, 0.25) is 0 Å². The number of rotatable bonds is 4. The predicted octanol–water partition coefficient (Wildman–Crippen LogP) is 1.29. The number of aliphatic carboxylic acids is 1. The fraction of sp³-hybridized carbons (Fsp3) is 0.833. The molecular formula is C12H20N2O3. The molecule has 0 radical (unpaired) electrons. The second-order valence-electron chi connectivity index (χ2n) is 5.16. The first-order valence-corrected chi connectivity index (χ1v) is 6.33. The Bertz CT molecular complexity index is 315. The van der Waals surface area contributed by atoms with E-state index in [-0.39, 0.29) is 17.9 Å². The molecule has 0 spiro atoms. The van der Waals surface area contributed by atoms with Crippen LogP contribution in [0.25, 0.3) is 0 Å². The number of hydrogen-bond donors (Lipinski definition) is 2. The third-order valence-electron chi connectivity index (χ3n) is 3.91. The topological polar surface area (TPSA) is 69.6 Å². The van der Waals surface area contributed by atoms with Gasteiger partial charge < -0.3 is 15.3 Å². The number of nitrogens with zero attached hydrogens (tertiary/aromatic N) is 1. The average molecular weight is 240 g/mol. The minimum atomic E-state index is -0.725. The summed E-state index contributed by atoms with van der Waals surface area (Å²) in [4.78, 5) is 24.4. The molecular weight excluding hydrogens is 220 g/mol. The highest BCUT2D eigenvalue weighted by Crippen LogP contribution is 2.31. The van der Waals surface area contributed by atoms with Gasteiger partial charge in [0.2, 0.25) is 0 Å². The maximum atomic E-state index is 11.7. The number of amides is 2. The lowest BCUT2D eigenvalue weighted by Crippen LogP contribution is -2.41. The van der Waals surface area contributed by atoms with Gasteiger partial charge in [-0.05, 0) is 31.6 Å². The van der Waals surface area contributed by atoms with Crippen LogP contribution in [0.5, 0.6) is 0 Å². The van der Waals surface area contributed by atoms with Crippen LogP contribution in [-0.2, 0) is 4.79 Å². The number of hydrogen-bond acceptors (Lipinski definition) is 2. The van der Waals surface area contributed by atoms with E-state index in [1.54, 1.807) is 11.9 Å². The first-order valence-electron chi connectivity index (χ1n) is 6.33. The van der Waals surface area contributed by atoms with E-state index in [1.165, 1.54) is 0 Å². The van der Waals surface area contributed by atoms with E-state index in [1.807, 2.05) is 0 Å². The SMILES string of the molecule is CN(C(=O)NCC1CCCC1C(=O)O)C1CC1. The van der Waals surface area contributed by atoms with Crippen LogP contribution >= 0.6 is 0 Å². The van der Waals surface area contributed by atoms with Crippen molar-refractivity contribution in [3.05, 3.63) is 0 Å². The van der Waals surface area contributed by atoms with E-state index < -0.39 is 5.97 Å². The first-order chi connectivity index (χ1) is 8.09. The van der Waals surface area contributed by atoms with E-state index in [0.717, 1.165) is 32.1 Å². The molecule has 2 amide bonds. The summed E-state index contributed by atoms with van der Waals surface area (Å²) >= 11 is 0. The smallest absolute Gasteiger partial charge is 0.317 e. The summed E-state index contributed by atoms with van der Waals surface area (Å²) in [6, 6.07) is 0.331. The van der Waals surface area contributed by atoms with E-state index in [0.29, 0.717) is 12.6 Å². The molecule has 2 fully saturated rings. The van der Waals surface area contributed by atoms with Gasteiger partial charge in [-0.3, -0.25) is 4.79 Å². The van der Waals surface area contributed by atoms with Gasteiger partial charge in [0, 0.05) is 19.6 Å². The van der Waals surface area contributed by atoms with E-state index in [4.69, 9.17) is 5.11 Å². The summed E-state index contributed by atoms with van der Waals surface area (Å²) in [6.07, 6.45) is 4.78. The van der Waals surface area contributed by atoms with E-state index in [9.17, 15) is 9.59 Å². The van der Waals surface area contributed by atoms with Crippen LogP contribution in [0.4, 0.5) is 4.79 Å². The zero-order valence-electron chi connectivity index (χ0n) is 10.2. The summed E-state index contributed by atoms with van der Waals surface area (Å²) in [6.45, 7) is 0.493. The third kappa shape index (κ3) is 2.90. The second kappa shape index (κ2) is 4.94. The first kappa shape index (κ1) is 12.2. The molecule has 0 aromatic rings. The Labute approximate surface area is 101 Å². The fourth-order valence-electron chi connectivity index (χ4n) is 2.58. The maximum Gasteiger partial charge on any atom is 0.317 e. The van der Waals surface area contributed by atoms with Gasteiger partial charge in [0.05, 0.1) is 5.92 Å². The lowest BCUT2D eigenvalue weighted by atomic mass is 9.96. The fourth-order valence-corrected chi connectivity index (χ4v) is 2.58. The Kier molecular flexibility index (Phi) is 3.54. The molecule has 0 aromatic carbocycles. The average Bonchev–Trinajstić information content (AvgIpc) is 3.03. The normalized spacial score (nSPS) is 27.8. The summed E-state index contributed by atoms with van der Waals surface area (Å²) < 4.78 is 0. The monoisotopic (exact) mass is 240 g/mol. The minimum absolute atomic E-state index is 0.0662. The Morgan fingerprint density at radius 3 is 2.59 bits per heavy atom. The highest BCUT2D eigenvalue weighted by molar-refractivity contribution is 5.75. The molecule has 2 unspecified atom stereocenters. The number of carbonyl (C=O) groups is 2. The Morgan fingerprint density at radius 2 is 2.00 bits per heavy atom. The largest absolute Gasteiger partial charge is 0.481 e. The van der Waals surface area contributed by atoms with Crippen molar-refractivity contribution in [3.8, 4) is 0 Å². The van der Waals surface area contributed by atoms with Crippen molar-refractivity contribution >= 4 is 12.0 Å². The van der Waals surface area contributed by atoms with Crippen LogP contribution in [-0.4, -0.2) is 41.6 Å². The molecule has 2 N–H and O–H groups in total. The lowest BCUT2D eigenvalue weighted by molar-refractivity contribution is -0.142. The molecule has 2 atom stereocenters. The lowest BCUT2D eigenvalue weighted by Gasteiger charge is -2.20. The van der Waals surface area contributed by atoms with Crippen molar-refractivity contribution in [2.45, 2.75) is 38.1 Å². The summed E-state index contributed by atoms with van der Waals surface area (Å²) in [5.41, 5.74) is 0. The van der Waals surface area contributed by atoms with Gasteiger partial charge in [-0.2, -0.15) is 0 Å². The molecule has 0 saturated heterocycles. The Hall–Kier alpha value is -1.26. The van der Waals surface area contributed by atoms with Gasteiger partial charge in [-0.15, -0.1) is 0 Å². The minimum Gasteiger partial charge on any atom is -0.481 e. The van der Waals surface area contributed by atoms with Gasteiger partial charge in [-0.25, -0.2) is 4.79 Å². The maximum absolute atomic E-state index is 11.7. The molecule has 0 aliphatic heterocycles. The van der Waals surface area contributed by atoms with Gasteiger partial charge in [0.25, 0.3) is 0 Å². The van der Waals surface area contributed by atoms with Crippen molar-refractivity contribution in [2.24, 2.45) is 11.8 Å². The van der Waals surface area contributed by atoms with Crippen LogP contribution in [0.1, 0.15) is 32.1 Å². The Morgan fingerprint density at radius 1 is 1.29 bits per heavy atom. The molecule has 2 aliphatic rings. The predicted molar refractivity (Wildman–Crippen MR) is 62.7 cm³/mol. The van der Waals surface area contributed by atoms with Crippen LogP contribution in [0, 0.1) is 11.8 Å². The van der Waals surface area contributed by atoms with E-state index >= 15 is 0 Å². The molecule has 0 heterocycles. The van der Waals surface area contributed by atoms with Gasteiger partial charge in [-0.1, -0.05) is 6.42 Å². The van der Waals surface area contributed by atoms with Crippen molar-refractivity contribution in [1.82, 2.24) is 10.2 Å². The highest BCUT2D eigenvalue weighted by atomic mass is 16.4. The van der Waals surface area contributed by atoms with Crippen LogP contribution in [0.15, 0.2) is 0 Å². The summed E-state index contributed by atoms with van der Waals surface area (Å²) in [5.74, 6) is -0.900. The van der Waals surface area contributed by atoms with Crippen molar-refractivity contribution in [3.63, 3.8) is 0 Å². The van der Waals surface area contributed by atoms with Crippen molar-refractivity contribution in [2.75, 3.05) is 13.6 Å². The molecule has 17 heavy (non-hydrogen) atoms. The summed E-state index contributed by atoms with van der Waals surface area (Å²) in [7, 11) is 1.80. The molecule has 96 valence electrons. The zero-order chi connectivity index (χ0) is 12.4. The molecule has 2 aliphatic carbocycles. The number of urea groups is 1. The standard InChI is InChI=1S/C12H20N2O3/c1-14(9-5-6-9)12(17)13-7-8-3-2-4-10(8)11(15)16/h8-10H,2-7H2,1H3,(H,13,17)(H,15,16). The van der Waals surface area contributed by atoms with Gasteiger partial charge in [0.1, 0.15) is 0 Å².